The molecular formula is C14H15N5O. The number of nitrogens with one attached hydrogen (secondary N) is 2. The first-order chi connectivity index (χ1) is 9.81. The molecule has 0 radical (unpaired) electrons. The van der Waals surface area contributed by atoms with Crippen LogP contribution in [0, 0.1) is 5.92 Å². The Labute approximate surface area is 116 Å². The Morgan fingerprint density at radius 3 is 3.15 bits per heavy atom. The minimum absolute atomic E-state index is 0.0619. The van der Waals surface area contributed by atoms with Crippen LogP contribution in [-0.2, 0) is 4.79 Å². The summed E-state index contributed by atoms with van der Waals surface area (Å²) in [5, 5.41) is 9.45. The van der Waals surface area contributed by atoms with Gasteiger partial charge in [0.1, 0.15) is 5.69 Å². The topological polar surface area (TPSA) is 83.6 Å². The Bertz CT molecular complexity index is 620. The normalized spacial score (nSPS) is 17.3. The number of aromatic nitrogens is 4. The van der Waals surface area contributed by atoms with E-state index in [-0.39, 0.29) is 11.9 Å². The van der Waals surface area contributed by atoms with Gasteiger partial charge in [-0.05, 0) is 30.9 Å². The minimum atomic E-state index is -0.0619. The molecule has 2 heterocycles. The molecule has 0 aliphatic heterocycles. The first-order valence-electron chi connectivity index (χ1n) is 6.61. The molecule has 0 unspecified atom stereocenters. The van der Waals surface area contributed by atoms with Gasteiger partial charge in [-0.2, -0.15) is 4.98 Å². The predicted octanol–water partition coefficient (Wildman–Crippen LogP) is 2.16. The van der Waals surface area contributed by atoms with E-state index in [1.807, 2.05) is 18.2 Å². The third-order valence-electron chi connectivity index (χ3n) is 3.20. The molecule has 2 aromatic rings. The molecule has 3 rings (SSSR count). The van der Waals surface area contributed by atoms with Crippen LogP contribution >= 0.6 is 0 Å². The molecule has 0 spiro atoms. The largest absolute Gasteiger partial charge is 0.293 e. The fraction of sp³-hybridized carbons (Fsp3) is 0.286. The molecule has 102 valence electrons. The Kier molecular flexibility index (Phi) is 3.54. The summed E-state index contributed by atoms with van der Waals surface area (Å²) in [5.41, 5.74) is 0.694. The molecule has 6 nitrogen and oxygen atoms in total. The Balaban J connectivity index is 1.62. The minimum Gasteiger partial charge on any atom is -0.293 e. The number of hydrogen-bond donors (Lipinski definition) is 2. The first kappa shape index (κ1) is 12.5. The van der Waals surface area contributed by atoms with Crippen LogP contribution < -0.4 is 5.32 Å². The van der Waals surface area contributed by atoms with Crippen LogP contribution in [0.3, 0.4) is 0 Å². The molecule has 0 bridgehead atoms. The average molecular weight is 269 g/mol. The van der Waals surface area contributed by atoms with Gasteiger partial charge in [0.25, 0.3) is 0 Å². The van der Waals surface area contributed by atoms with Crippen molar-refractivity contribution in [1.29, 1.82) is 0 Å². The zero-order valence-electron chi connectivity index (χ0n) is 10.9. The fourth-order valence-electron chi connectivity index (χ4n) is 2.21. The molecule has 0 saturated heterocycles. The molecule has 1 amide bonds. The van der Waals surface area contributed by atoms with Gasteiger partial charge in [0.2, 0.25) is 11.9 Å². The standard InChI is InChI=1S/C14H15N5O/c20-12(9-10-5-1-2-6-10)16-14-17-13(18-19-14)11-7-3-4-8-15-11/h1,3-5,7-8,10H,2,6,9H2,(H2,16,17,18,19,20)/t10-/m1/s1. The van der Waals surface area contributed by atoms with Crippen LogP contribution in [0.2, 0.25) is 0 Å². The van der Waals surface area contributed by atoms with Crippen molar-refractivity contribution in [1.82, 2.24) is 20.2 Å². The van der Waals surface area contributed by atoms with Crippen molar-refractivity contribution in [2.75, 3.05) is 5.32 Å². The summed E-state index contributed by atoms with van der Waals surface area (Å²) in [6.07, 6.45) is 8.47. The quantitative estimate of drug-likeness (QED) is 0.833. The summed E-state index contributed by atoms with van der Waals surface area (Å²) in [4.78, 5) is 20.2. The molecule has 1 aliphatic rings. The van der Waals surface area contributed by atoms with Crippen LogP contribution in [0.1, 0.15) is 19.3 Å². The summed E-state index contributed by atoms with van der Waals surface area (Å²) in [6, 6.07) is 5.53. The number of pyridine rings is 1. The predicted molar refractivity (Wildman–Crippen MR) is 74.7 cm³/mol. The van der Waals surface area contributed by atoms with Gasteiger partial charge in [0.05, 0.1) is 0 Å². The number of anilines is 1. The van der Waals surface area contributed by atoms with Crippen molar-refractivity contribution in [2.24, 2.45) is 5.92 Å². The van der Waals surface area contributed by atoms with Crippen LogP contribution in [-0.4, -0.2) is 26.1 Å². The summed E-state index contributed by atoms with van der Waals surface area (Å²) < 4.78 is 0. The zero-order chi connectivity index (χ0) is 13.8. The summed E-state index contributed by atoms with van der Waals surface area (Å²) in [5.74, 6) is 1.11. The highest BCUT2D eigenvalue weighted by molar-refractivity contribution is 5.89. The Hall–Kier alpha value is -2.50. The molecule has 2 aromatic heterocycles. The second-order valence-corrected chi connectivity index (χ2v) is 4.74. The lowest BCUT2D eigenvalue weighted by molar-refractivity contribution is -0.116. The summed E-state index contributed by atoms with van der Waals surface area (Å²) in [7, 11) is 0. The number of carbonyl (C=O) groups excluding carboxylic acids is 1. The zero-order valence-corrected chi connectivity index (χ0v) is 10.9. The maximum Gasteiger partial charge on any atom is 0.249 e. The first-order valence-corrected chi connectivity index (χ1v) is 6.61. The van der Waals surface area contributed by atoms with Crippen LogP contribution in [0.15, 0.2) is 36.5 Å². The maximum atomic E-state index is 11.9. The molecule has 6 heteroatoms. The van der Waals surface area contributed by atoms with Gasteiger partial charge in [-0.15, -0.1) is 5.10 Å². The van der Waals surface area contributed by atoms with E-state index in [2.05, 4.69) is 37.6 Å². The lowest BCUT2D eigenvalue weighted by atomic mass is 10.1. The van der Waals surface area contributed by atoms with Gasteiger partial charge in [0.15, 0.2) is 5.82 Å². The van der Waals surface area contributed by atoms with Crippen molar-refractivity contribution in [3.8, 4) is 11.5 Å². The molecule has 1 atom stereocenters. The molecule has 1 aliphatic carbocycles. The van der Waals surface area contributed by atoms with Crippen molar-refractivity contribution in [2.45, 2.75) is 19.3 Å². The second kappa shape index (κ2) is 5.64. The van der Waals surface area contributed by atoms with E-state index in [0.29, 0.717) is 23.9 Å². The van der Waals surface area contributed by atoms with Gasteiger partial charge < -0.3 is 0 Å². The van der Waals surface area contributed by atoms with Crippen LogP contribution in [0.5, 0.6) is 0 Å². The lowest BCUT2D eigenvalue weighted by Gasteiger charge is -2.05. The Morgan fingerprint density at radius 2 is 2.40 bits per heavy atom. The SMILES string of the molecule is O=C(C[C@@H]1C=CCC1)Nc1n[nH]c(-c2ccccn2)n1. The average Bonchev–Trinajstić information content (AvgIpc) is 3.11. The highest BCUT2D eigenvalue weighted by Crippen LogP contribution is 2.20. The number of hydrogen-bond acceptors (Lipinski definition) is 4. The Morgan fingerprint density at radius 1 is 1.45 bits per heavy atom. The molecule has 0 aromatic carbocycles. The van der Waals surface area contributed by atoms with E-state index in [4.69, 9.17) is 0 Å². The number of nitrogens with zero attached hydrogens (tertiary/aromatic N) is 3. The van der Waals surface area contributed by atoms with Crippen LogP contribution in [0.25, 0.3) is 11.5 Å². The number of amides is 1. The van der Waals surface area contributed by atoms with E-state index in [0.717, 1.165) is 12.8 Å². The lowest BCUT2D eigenvalue weighted by Crippen LogP contribution is -2.15. The molecular weight excluding hydrogens is 254 g/mol. The molecule has 2 N–H and O–H groups in total. The van der Waals surface area contributed by atoms with E-state index in [9.17, 15) is 4.79 Å². The van der Waals surface area contributed by atoms with Crippen molar-refractivity contribution >= 4 is 11.9 Å². The van der Waals surface area contributed by atoms with Gasteiger partial charge in [0, 0.05) is 12.6 Å². The van der Waals surface area contributed by atoms with Gasteiger partial charge in [-0.25, -0.2) is 0 Å². The number of allylic oxidation sites excluding steroid dienone is 2. The van der Waals surface area contributed by atoms with Gasteiger partial charge >= 0.3 is 0 Å². The highest BCUT2D eigenvalue weighted by Gasteiger charge is 2.15. The van der Waals surface area contributed by atoms with Crippen molar-refractivity contribution < 1.29 is 4.79 Å². The molecule has 0 fully saturated rings. The second-order valence-electron chi connectivity index (χ2n) is 4.74. The number of carbonyl (C=O) groups is 1. The smallest absolute Gasteiger partial charge is 0.249 e. The third kappa shape index (κ3) is 2.90. The molecule has 20 heavy (non-hydrogen) atoms. The van der Waals surface area contributed by atoms with Crippen LogP contribution in [0.4, 0.5) is 5.95 Å². The maximum absolute atomic E-state index is 11.9. The monoisotopic (exact) mass is 269 g/mol. The van der Waals surface area contributed by atoms with E-state index >= 15 is 0 Å². The molecule has 0 saturated carbocycles. The van der Waals surface area contributed by atoms with E-state index < -0.39 is 0 Å². The van der Waals surface area contributed by atoms with Gasteiger partial charge in [-0.1, -0.05) is 18.2 Å². The van der Waals surface area contributed by atoms with Gasteiger partial charge in [-0.3, -0.25) is 20.2 Å². The number of aromatic amines is 1. The highest BCUT2D eigenvalue weighted by atomic mass is 16.1. The van der Waals surface area contributed by atoms with E-state index in [1.54, 1.807) is 6.20 Å². The number of H-pyrrole nitrogens is 1. The third-order valence-corrected chi connectivity index (χ3v) is 3.20. The van der Waals surface area contributed by atoms with E-state index in [1.165, 1.54) is 0 Å². The summed E-state index contributed by atoms with van der Waals surface area (Å²) >= 11 is 0. The van der Waals surface area contributed by atoms with Crippen molar-refractivity contribution in [3.05, 3.63) is 36.5 Å². The summed E-state index contributed by atoms with van der Waals surface area (Å²) in [6.45, 7) is 0. The number of rotatable bonds is 4. The van der Waals surface area contributed by atoms with Crippen molar-refractivity contribution in [3.63, 3.8) is 0 Å². The fourth-order valence-corrected chi connectivity index (χ4v) is 2.21.